The predicted molar refractivity (Wildman–Crippen MR) is 61.1 cm³/mol. The highest BCUT2D eigenvalue weighted by Crippen LogP contribution is 2.23. The van der Waals surface area contributed by atoms with Gasteiger partial charge in [-0.3, -0.25) is 4.79 Å². The van der Waals surface area contributed by atoms with Gasteiger partial charge in [0.05, 0.1) is 11.8 Å². The van der Waals surface area contributed by atoms with Gasteiger partial charge in [-0.05, 0) is 12.1 Å². The van der Waals surface area contributed by atoms with Crippen LogP contribution in [0.15, 0.2) is 36.9 Å². The first kappa shape index (κ1) is 12.5. The fraction of sp³-hybridized carbons (Fsp3) is 0.0833. The van der Waals surface area contributed by atoms with E-state index >= 15 is 0 Å². The van der Waals surface area contributed by atoms with E-state index in [1.54, 1.807) is 24.3 Å². The van der Waals surface area contributed by atoms with E-state index in [-0.39, 0.29) is 12.2 Å². The van der Waals surface area contributed by atoms with Gasteiger partial charge in [0.1, 0.15) is 6.42 Å². The van der Waals surface area contributed by atoms with Gasteiger partial charge in [-0.2, -0.15) is 5.26 Å². The maximum absolute atomic E-state index is 11.2. The number of nitriles is 1. The number of carbonyl (C=O) groups excluding carboxylic acids is 2. The number of nitrogens with one attached hydrogen (secondary N) is 1. The van der Waals surface area contributed by atoms with E-state index in [2.05, 4.69) is 11.9 Å². The number of hydrogen-bond acceptors (Lipinski definition) is 4. The highest BCUT2D eigenvalue weighted by Gasteiger charge is 2.08. The average Bonchev–Trinajstić information content (AvgIpc) is 2.31. The highest BCUT2D eigenvalue weighted by molar-refractivity contribution is 5.94. The van der Waals surface area contributed by atoms with Crippen molar-refractivity contribution in [2.75, 3.05) is 5.32 Å². The van der Waals surface area contributed by atoms with Crippen molar-refractivity contribution >= 4 is 17.6 Å². The molecule has 0 radical (unpaired) electrons. The van der Waals surface area contributed by atoms with Gasteiger partial charge in [0.25, 0.3) is 0 Å². The molecule has 0 unspecified atom stereocenters. The predicted octanol–water partition coefficient (Wildman–Crippen LogP) is 1.63. The van der Waals surface area contributed by atoms with Crippen LogP contribution < -0.4 is 10.1 Å². The van der Waals surface area contributed by atoms with Gasteiger partial charge >= 0.3 is 5.97 Å². The van der Waals surface area contributed by atoms with Gasteiger partial charge in [-0.1, -0.05) is 18.7 Å². The van der Waals surface area contributed by atoms with E-state index in [1.807, 2.05) is 0 Å². The van der Waals surface area contributed by atoms with Crippen molar-refractivity contribution in [3.05, 3.63) is 36.9 Å². The van der Waals surface area contributed by atoms with Crippen molar-refractivity contribution < 1.29 is 14.3 Å². The molecule has 0 saturated carbocycles. The summed E-state index contributed by atoms with van der Waals surface area (Å²) < 4.78 is 4.92. The van der Waals surface area contributed by atoms with Crippen LogP contribution in [0.5, 0.6) is 5.75 Å². The molecule has 1 rings (SSSR count). The molecule has 0 saturated heterocycles. The van der Waals surface area contributed by atoms with E-state index in [1.165, 1.54) is 6.07 Å². The number of carbonyl (C=O) groups is 2. The summed E-state index contributed by atoms with van der Waals surface area (Å²) in [6.07, 6.45) is 0.762. The van der Waals surface area contributed by atoms with Crippen LogP contribution in [-0.2, 0) is 9.59 Å². The van der Waals surface area contributed by atoms with E-state index in [0.717, 1.165) is 6.08 Å². The number of anilines is 1. The monoisotopic (exact) mass is 230 g/mol. The summed E-state index contributed by atoms with van der Waals surface area (Å²) >= 11 is 0. The molecule has 1 N–H and O–H groups in total. The number of rotatable bonds is 4. The van der Waals surface area contributed by atoms with Gasteiger partial charge in [0.15, 0.2) is 5.75 Å². The molecular formula is C12H10N2O3. The zero-order chi connectivity index (χ0) is 12.7. The SMILES string of the molecule is C=CC(=O)Oc1ccccc1NC(=O)CC#N. The van der Waals surface area contributed by atoms with Crippen molar-refractivity contribution in [3.8, 4) is 11.8 Å². The van der Waals surface area contributed by atoms with Crippen LogP contribution in [0.3, 0.4) is 0 Å². The van der Waals surface area contributed by atoms with Crippen molar-refractivity contribution in [1.82, 2.24) is 0 Å². The van der Waals surface area contributed by atoms with Crippen molar-refractivity contribution in [1.29, 1.82) is 5.26 Å². The normalized spacial score (nSPS) is 8.88. The first-order valence-corrected chi connectivity index (χ1v) is 4.77. The fourth-order valence-electron chi connectivity index (χ4n) is 1.08. The summed E-state index contributed by atoms with van der Waals surface area (Å²) in [5, 5.41) is 10.8. The maximum atomic E-state index is 11.2. The van der Waals surface area contributed by atoms with Crippen LogP contribution >= 0.6 is 0 Å². The third kappa shape index (κ3) is 3.80. The molecule has 86 valence electrons. The zero-order valence-electron chi connectivity index (χ0n) is 8.97. The van der Waals surface area contributed by atoms with Crippen LogP contribution in [0.2, 0.25) is 0 Å². The Morgan fingerprint density at radius 3 is 2.82 bits per heavy atom. The first-order valence-electron chi connectivity index (χ1n) is 4.77. The Hall–Kier alpha value is -2.61. The van der Waals surface area contributed by atoms with Crippen LogP contribution in [0.4, 0.5) is 5.69 Å². The molecule has 1 aromatic carbocycles. The second-order valence-corrected chi connectivity index (χ2v) is 3.00. The van der Waals surface area contributed by atoms with E-state index < -0.39 is 11.9 Å². The Bertz CT molecular complexity index is 489. The lowest BCUT2D eigenvalue weighted by molar-refractivity contribution is -0.129. The maximum Gasteiger partial charge on any atom is 0.335 e. The van der Waals surface area contributed by atoms with Gasteiger partial charge in [-0.15, -0.1) is 0 Å². The summed E-state index contributed by atoms with van der Waals surface area (Å²) in [5.74, 6) is -0.870. The number of nitrogens with zero attached hydrogens (tertiary/aromatic N) is 1. The smallest absolute Gasteiger partial charge is 0.335 e. The molecule has 17 heavy (non-hydrogen) atoms. The molecule has 1 aromatic rings. The largest absolute Gasteiger partial charge is 0.421 e. The number of hydrogen-bond donors (Lipinski definition) is 1. The molecule has 0 aliphatic carbocycles. The summed E-state index contributed by atoms with van der Waals surface area (Å²) in [4.78, 5) is 22.3. The minimum atomic E-state index is -0.619. The number of benzene rings is 1. The number of esters is 1. The highest BCUT2D eigenvalue weighted by atomic mass is 16.5. The number of amides is 1. The summed E-state index contributed by atoms with van der Waals surface area (Å²) in [5.41, 5.74) is 0.336. The Kier molecular flexibility index (Phi) is 4.45. The molecule has 0 aliphatic heterocycles. The molecule has 0 aromatic heterocycles. The molecule has 5 nitrogen and oxygen atoms in total. The zero-order valence-corrected chi connectivity index (χ0v) is 8.97. The summed E-state index contributed by atoms with van der Waals surface area (Å²) in [6.45, 7) is 3.27. The van der Waals surface area contributed by atoms with E-state index in [0.29, 0.717) is 5.69 Å². The minimum absolute atomic E-state index is 0.212. The van der Waals surface area contributed by atoms with E-state index in [4.69, 9.17) is 10.00 Å². The molecule has 0 fully saturated rings. The summed E-state index contributed by atoms with van der Waals surface area (Å²) in [7, 11) is 0. The molecule has 0 aliphatic rings. The molecule has 0 spiro atoms. The Balaban J connectivity index is 2.85. The minimum Gasteiger partial charge on any atom is -0.421 e. The number of ether oxygens (including phenoxy) is 1. The fourth-order valence-corrected chi connectivity index (χ4v) is 1.08. The van der Waals surface area contributed by atoms with Crippen LogP contribution in [-0.4, -0.2) is 11.9 Å². The quantitative estimate of drug-likeness (QED) is 0.484. The van der Waals surface area contributed by atoms with E-state index in [9.17, 15) is 9.59 Å². The molecule has 1 amide bonds. The Morgan fingerprint density at radius 1 is 1.47 bits per heavy atom. The van der Waals surface area contributed by atoms with Crippen molar-refractivity contribution in [2.45, 2.75) is 6.42 Å². The summed E-state index contributed by atoms with van der Waals surface area (Å²) in [6, 6.07) is 8.16. The topological polar surface area (TPSA) is 79.2 Å². The second-order valence-electron chi connectivity index (χ2n) is 3.00. The lowest BCUT2D eigenvalue weighted by atomic mass is 10.3. The van der Waals surface area contributed by atoms with Gasteiger partial charge in [-0.25, -0.2) is 4.79 Å². The van der Waals surface area contributed by atoms with Crippen LogP contribution in [0, 0.1) is 11.3 Å². The van der Waals surface area contributed by atoms with Gasteiger partial charge in [0.2, 0.25) is 5.91 Å². The third-order valence-electron chi connectivity index (χ3n) is 1.78. The lowest BCUT2D eigenvalue weighted by Crippen LogP contribution is -2.12. The second kappa shape index (κ2) is 6.08. The van der Waals surface area contributed by atoms with Crippen LogP contribution in [0.1, 0.15) is 6.42 Å². The van der Waals surface area contributed by atoms with Crippen molar-refractivity contribution in [2.24, 2.45) is 0 Å². The standard InChI is InChI=1S/C12H10N2O3/c1-2-12(16)17-10-6-4-3-5-9(10)14-11(15)7-8-13/h2-6H,1,7H2,(H,14,15). The Morgan fingerprint density at radius 2 is 2.18 bits per heavy atom. The molecule has 5 heteroatoms. The lowest BCUT2D eigenvalue weighted by Gasteiger charge is -2.08. The van der Waals surface area contributed by atoms with Crippen LogP contribution in [0.25, 0.3) is 0 Å². The van der Waals surface area contributed by atoms with Gasteiger partial charge < -0.3 is 10.1 Å². The molecule has 0 heterocycles. The third-order valence-corrected chi connectivity index (χ3v) is 1.78. The molecular weight excluding hydrogens is 220 g/mol. The number of para-hydroxylation sites is 2. The van der Waals surface area contributed by atoms with Gasteiger partial charge in [0, 0.05) is 6.08 Å². The molecule has 0 atom stereocenters. The average molecular weight is 230 g/mol. The van der Waals surface area contributed by atoms with Crippen molar-refractivity contribution in [3.63, 3.8) is 0 Å². The first-order chi connectivity index (χ1) is 8.17. The Labute approximate surface area is 98.3 Å². The molecule has 0 bridgehead atoms.